The Balaban J connectivity index is 3.51. The number of amides is 3. The lowest BCUT2D eigenvalue weighted by Gasteiger charge is -2.44. The quantitative estimate of drug-likeness (QED) is 0.520. The molecule has 0 saturated carbocycles. The summed E-state index contributed by atoms with van der Waals surface area (Å²) in [5, 5.41) is 15.4. The molecule has 2 unspecified atom stereocenters. The molecule has 1 aromatic rings. The first-order chi connectivity index (χ1) is 15.1. The Kier molecular flexibility index (Phi) is 9.90. The van der Waals surface area contributed by atoms with Crippen molar-refractivity contribution < 1.29 is 24.2 Å². The maximum absolute atomic E-state index is 13.8. The third-order valence-electron chi connectivity index (χ3n) is 5.26. The molecular formula is C25H41N3O5. The van der Waals surface area contributed by atoms with Crippen molar-refractivity contribution in [1.82, 2.24) is 15.5 Å². The van der Waals surface area contributed by atoms with Crippen LogP contribution in [0.1, 0.15) is 79.0 Å². The lowest BCUT2D eigenvalue weighted by molar-refractivity contribution is -0.150. The first kappa shape index (κ1) is 28.4. The lowest BCUT2D eigenvalue weighted by atomic mass is 9.91. The molecule has 0 aliphatic carbocycles. The summed E-state index contributed by atoms with van der Waals surface area (Å²) in [4.78, 5) is 41.0. The number of nitrogens with zero attached hydrogens (tertiary/aromatic N) is 1. The van der Waals surface area contributed by atoms with E-state index in [9.17, 15) is 19.5 Å². The Bertz CT molecular complexity index is 812. The topological polar surface area (TPSA) is 108 Å². The highest BCUT2D eigenvalue weighted by Crippen LogP contribution is 2.32. The summed E-state index contributed by atoms with van der Waals surface area (Å²) in [5.74, 6) is -0.905. The van der Waals surface area contributed by atoms with E-state index in [0.29, 0.717) is 12.0 Å². The van der Waals surface area contributed by atoms with E-state index in [1.807, 2.05) is 65.8 Å². The van der Waals surface area contributed by atoms with Crippen LogP contribution in [-0.2, 0) is 14.3 Å². The highest BCUT2D eigenvalue weighted by Gasteiger charge is 2.43. The van der Waals surface area contributed by atoms with Crippen LogP contribution in [0, 0.1) is 6.92 Å². The average molecular weight is 464 g/mol. The van der Waals surface area contributed by atoms with Crippen LogP contribution in [0.5, 0.6) is 0 Å². The van der Waals surface area contributed by atoms with Gasteiger partial charge in [0.25, 0.3) is 0 Å². The van der Waals surface area contributed by atoms with Gasteiger partial charge < -0.3 is 25.4 Å². The molecule has 3 N–H and O–H groups in total. The van der Waals surface area contributed by atoms with E-state index in [1.54, 1.807) is 20.8 Å². The number of alkyl carbamates (subject to hydrolysis) is 1. The monoisotopic (exact) mass is 463 g/mol. The molecule has 1 aromatic carbocycles. The summed E-state index contributed by atoms with van der Waals surface area (Å²) in [6.07, 6.45) is -0.275. The van der Waals surface area contributed by atoms with Gasteiger partial charge >= 0.3 is 6.09 Å². The molecule has 0 radical (unpaired) electrons. The molecule has 2 atom stereocenters. The predicted octanol–water partition coefficient (Wildman–Crippen LogP) is 3.46. The van der Waals surface area contributed by atoms with Crippen molar-refractivity contribution in [1.29, 1.82) is 0 Å². The van der Waals surface area contributed by atoms with Crippen LogP contribution < -0.4 is 10.6 Å². The third kappa shape index (κ3) is 8.35. The van der Waals surface area contributed by atoms with Crippen molar-refractivity contribution in [3.05, 3.63) is 35.4 Å². The zero-order valence-corrected chi connectivity index (χ0v) is 21.5. The van der Waals surface area contributed by atoms with Crippen LogP contribution in [0.15, 0.2) is 24.3 Å². The van der Waals surface area contributed by atoms with Gasteiger partial charge in [0.2, 0.25) is 11.8 Å². The van der Waals surface area contributed by atoms with E-state index >= 15 is 0 Å². The van der Waals surface area contributed by atoms with Gasteiger partial charge in [-0.05, 0) is 67.4 Å². The van der Waals surface area contributed by atoms with Crippen molar-refractivity contribution in [2.24, 2.45) is 0 Å². The molecule has 0 aliphatic rings. The molecule has 0 aliphatic heterocycles. The van der Waals surface area contributed by atoms with Crippen LogP contribution in [-0.4, -0.2) is 57.7 Å². The number of rotatable bonds is 9. The number of hydrogen-bond acceptors (Lipinski definition) is 5. The van der Waals surface area contributed by atoms with Gasteiger partial charge in [0.1, 0.15) is 17.7 Å². The number of aliphatic hydroxyl groups excluding tert-OH is 1. The average Bonchev–Trinajstić information content (AvgIpc) is 2.68. The van der Waals surface area contributed by atoms with Crippen LogP contribution >= 0.6 is 0 Å². The minimum Gasteiger partial charge on any atom is -0.444 e. The van der Waals surface area contributed by atoms with Crippen molar-refractivity contribution in [2.75, 3.05) is 6.61 Å². The standard InChI is InChI=1S/C25H41N3O5/c1-10-25(8,9)28(22(31)19(15-29)27-23(32)33-24(5,6)7)20(21(30)26-16(2)3)18-13-11-17(4)12-14-18/h11-14,16,19-20,29H,10,15H2,1-9H3,(H,26,30)(H,27,32). The molecule has 0 bridgehead atoms. The van der Waals surface area contributed by atoms with E-state index in [0.717, 1.165) is 5.56 Å². The van der Waals surface area contributed by atoms with Gasteiger partial charge in [-0.1, -0.05) is 36.8 Å². The molecule has 33 heavy (non-hydrogen) atoms. The zero-order valence-electron chi connectivity index (χ0n) is 21.5. The Hall–Kier alpha value is -2.61. The minimum absolute atomic E-state index is 0.138. The van der Waals surface area contributed by atoms with Gasteiger partial charge in [0, 0.05) is 11.6 Å². The molecular weight excluding hydrogens is 422 g/mol. The molecule has 0 saturated heterocycles. The molecule has 0 aromatic heterocycles. The number of carbonyl (C=O) groups excluding carboxylic acids is 3. The fourth-order valence-corrected chi connectivity index (χ4v) is 3.28. The number of benzene rings is 1. The lowest BCUT2D eigenvalue weighted by Crippen LogP contribution is -2.60. The van der Waals surface area contributed by atoms with Crippen LogP contribution in [0.4, 0.5) is 4.79 Å². The number of ether oxygens (including phenoxy) is 1. The Morgan fingerprint density at radius 1 is 1.03 bits per heavy atom. The summed E-state index contributed by atoms with van der Waals surface area (Å²) in [6.45, 7) is 15.8. The van der Waals surface area contributed by atoms with Gasteiger partial charge in [0.15, 0.2) is 0 Å². The fourth-order valence-electron chi connectivity index (χ4n) is 3.28. The van der Waals surface area contributed by atoms with E-state index in [4.69, 9.17) is 4.74 Å². The largest absolute Gasteiger partial charge is 0.444 e. The molecule has 8 heteroatoms. The van der Waals surface area contributed by atoms with Gasteiger partial charge in [-0.3, -0.25) is 9.59 Å². The molecule has 186 valence electrons. The minimum atomic E-state index is -1.27. The molecule has 3 amide bonds. The predicted molar refractivity (Wildman–Crippen MR) is 129 cm³/mol. The van der Waals surface area contributed by atoms with E-state index in [2.05, 4.69) is 10.6 Å². The molecule has 0 heterocycles. The van der Waals surface area contributed by atoms with Gasteiger partial charge in [-0.25, -0.2) is 4.79 Å². The number of aryl methyl sites for hydroxylation is 1. The molecule has 0 spiro atoms. The van der Waals surface area contributed by atoms with Crippen molar-refractivity contribution in [3.8, 4) is 0 Å². The SMILES string of the molecule is CCC(C)(C)N(C(=O)C(CO)NC(=O)OC(C)(C)C)C(C(=O)NC(C)C)c1ccc(C)cc1. The van der Waals surface area contributed by atoms with Crippen molar-refractivity contribution >= 4 is 17.9 Å². The number of hydrogen-bond donors (Lipinski definition) is 3. The van der Waals surface area contributed by atoms with E-state index in [-0.39, 0.29) is 11.9 Å². The summed E-state index contributed by atoms with van der Waals surface area (Å²) in [5.41, 5.74) is 0.137. The van der Waals surface area contributed by atoms with Crippen molar-refractivity contribution in [2.45, 2.75) is 98.0 Å². The second-order valence-electron chi connectivity index (χ2n) is 10.2. The highest BCUT2D eigenvalue weighted by atomic mass is 16.6. The van der Waals surface area contributed by atoms with E-state index in [1.165, 1.54) is 4.90 Å². The Labute approximate surface area is 198 Å². The van der Waals surface area contributed by atoms with E-state index < -0.39 is 41.8 Å². The summed E-state index contributed by atoms with van der Waals surface area (Å²) < 4.78 is 5.26. The maximum Gasteiger partial charge on any atom is 0.408 e. The van der Waals surface area contributed by atoms with Crippen LogP contribution in [0.3, 0.4) is 0 Å². The highest BCUT2D eigenvalue weighted by molar-refractivity contribution is 5.92. The van der Waals surface area contributed by atoms with Gasteiger partial charge in [-0.2, -0.15) is 0 Å². The Morgan fingerprint density at radius 3 is 2.00 bits per heavy atom. The molecule has 8 nitrogen and oxygen atoms in total. The zero-order chi connectivity index (χ0) is 25.6. The fraction of sp³-hybridized carbons (Fsp3) is 0.640. The summed E-state index contributed by atoms with van der Waals surface area (Å²) in [6, 6.07) is 5.04. The normalized spacial score (nSPS) is 13.8. The van der Waals surface area contributed by atoms with Crippen LogP contribution in [0.25, 0.3) is 0 Å². The number of nitrogens with one attached hydrogen (secondary N) is 2. The number of aliphatic hydroxyl groups is 1. The van der Waals surface area contributed by atoms with Crippen LogP contribution in [0.2, 0.25) is 0 Å². The Morgan fingerprint density at radius 2 is 1.58 bits per heavy atom. The first-order valence-electron chi connectivity index (χ1n) is 11.4. The molecule has 1 rings (SSSR count). The second kappa shape index (κ2) is 11.5. The first-order valence-corrected chi connectivity index (χ1v) is 11.4. The maximum atomic E-state index is 13.8. The van der Waals surface area contributed by atoms with Gasteiger partial charge in [-0.15, -0.1) is 0 Å². The smallest absolute Gasteiger partial charge is 0.408 e. The number of carbonyl (C=O) groups is 3. The van der Waals surface area contributed by atoms with Gasteiger partial charge in [0.05, 0.1) is 6.61 Å². The summed E-state index contributed by atoms with van der Waals surface area (Å²) in [7, 11) is 0. The van der Waals surface area contributed by atoms with Crippen molar-refractivity contribution in [3.63, 3.8) is 0 Å². The second-order valence-corrected chi connectivity index (χ2v) is 10.2. The third-order valence-corrected chi connectivity index (χ3v) is 5.26. The summed E-state index contributed by atoms with van der Waals surface area (Å²) >= 11 is 0. The molecule has 0 fully saturated rings.